The van der Waals surface area contributed by atoms with Crippen LogP contribution in [0.5, 0.6) is 0 Å². The van der Waals surface area contributed by atoms with Gasteiger partial charge in [0.2, 0.25) is 5.95 Å². The van der Waals surface area contributed by atoms with Crippen molar-refractivity contribution in [2.24, 2.45) is 0 Å². The lowest BCUT2D eigenvalue weighted by Gasteiger charge is -1.88. The van der Waals surface area contributed by atoms with Crippen molar-refractivity contribution >= 4 is 5.95 Å². The number of aromatic nitrogens is 2. The average Bonchev–Trinajstić information content (AvgIpc) is 2.13. The molecule has 0 amide bonds. The monoisotopic (exact) mass is 126 g/mol. The Balaban J connectivity index is 2.98. The van der Waals surface area contributed by atoms with E-state index in [1.54, 1.807) is 6.20 Å². The van der Waals surface area contributed by atoms with Gasteiger partial charge in [-0.2, -0.15) is 0 Å². The first-order valence-electron chi connectivity index (χ1n) is 2.83. The van der Waals surface area contributed by atoms with E-state index in [2.05, 4.69) is 4.98 Å². The topological polar surface area (TPSA) is 69.9 Å². The van der Waals surface area contributed by atoms with E-state index in [1.807, 2.05) is 6.92 Å². The highest BCUT2D eigenvalue weighted by Crippen LogP contribution is 1.99. The molecule has 4 heteroatoms. The minimum atomic E-state index is 0.367. The average molecular weight is 126 g/mol. The van der Waals surface area contributed by atoms with Crippen LogP contribution in [-0.2, 0) is 6.42 Å². The van der Waals surface area contributed by atoms with Gasteiger partial charge in [0.05, 0.1) is 11.9 Å². The molecule has 0 fully saturated rings. The zero-order valence-corrected chi connectivity index (χ0v) is 5.33. The lowest BCUT2D eigenvalue weighted by Crippen LogP contribution is -2.09. The lowest BCUT2D eigenvalue weighted by molar-refractivity contribution is 1.01. The molecule has 0 bridgehead atoms. The molecule has 9 heavy (non-hydrogen) atoms. The van der Waals surface area contributed by atoms with Gasteiger partial charge in [0, 0.05) is 0 Å². The van der Waals surface area contributed by atoms with Gasteiger partial charge in [-0.25, -0.2) is 9.66 Å². The normalized spacial score (nSPS) is 9.89. The molecule has 4 nitrogen and oxygen atoms in total. The van der Waals surface area contributed by atoms with Gasteiger partial charge in [-0.05, 0) is 6.42 Å². The van der Waals surface area contributed by atoms with E-state index in [0.717, 1.165) is 12.1 Å². The van der Waals surface area contributed by atoms with Crippen LogP contribution in [0.1, 0.15) is 12.6 Å². The van der Waals surface area contributed by atoms with E-state index in [0.29, 0.717) is 5.95 Å². The van der Waals surface area contributed by atoms with E-state index < -0.39 is 0 Å². The van der Waals surface area contributed by atoms with Crippen LogP contribution in [0, 0.1) is 0 Å². The molecule has 4 N–H and O–H groups in total. The van der Waals surface area contributed by atoms with Gasteiger partial charge in [0.15, 0.2) is 0 Å². The summed E-state index contributed by atoms with van der Waals surface area (Å²) in [5, 5.41) is 0. The Labute approximate surface area is 53.4 Å². The fraction of sp³-hybridized carbons (Fsp3) is 0.400. The van der Waals surface area contributed by atoms with Crippen molar-refractivity contribution < 1.29 is 0 Å². The molecule has 1 heterocycles. The van der Waals surface area contributed by atoms with Crippen LogP contribution in [0.15, 0.2) is 6.20 Å². The number of nitrogens with zero attached hydrogens (tertiary/aromatic N) is 2. The molecule has 0 spiro atoms. The minimum absolute atomic E-state index is 0.367. The highest BCUT2D eigenvalue weighted by Gasteiger charge is 1.97. The first kappa shape index (κ1) is 5.94. The first-order chi connectivity index (χ1) is 4.24. The quantitative estimate of drug-likeness (QED) is 0.509. The van der Waals surface area contributed by atoms with E-state index in [-0.39, 0.29) is 0 Å². The lowest BCUT2D eigenvalue weighted by atomic mass is 10.4. The first-order valence-corrected chi connectivity index (χ1v) is 2.83. The molecule has 1 rings (SSSR count). The second kappa shape index (κ2) is 1.97. The van der Waals surface area contributed by atoms with Gasteiger partial charge >= 0.3 is 0 Å². The molecular weight excluding hydrogens is 116 g/mol. The van der Waals surface area contributed by atoms with E-state index in [4.69, 9.17) is 11.6 Å². The fourth-order valence-electron chi connectivity index (χ4n) is 0.631. The van der Waals surface area contributed by atoms with E-state index in [1.165, 1.54) is 4.68 Å². The fourth-order valence-corrected chi connectivity index (χ4v) is 0.631. The second-order valence-electron chi connectivity index (χ2n) is 1.85. The van der Waals surface area contributed by atoms with Crippen LogP contribution in [-0.4, -0.2) is 9.66 Å². The molecule has 0 saturated carbocycles. The molecule has 0 unspecified atom stereocenters. The van der Waals surface area contributed by atoms with Gasteiger partial charge in [-0.15, -0.1) is 0 Å². The summed E-state index contributed by atoms with van der Waals surface area (Å²) in [6.07, 6.45) is 2.59. The van der Waals surface area contributed by atoms with Crippen LogP contribution >= 0.6 is 0 Å². The molecule has 0 radical (unpaired) electrons. The third-order valence-electron chi connectivity index (χ3n) is 1.17. The Morgan fingerprint density at radius 2 is 2.44 bits per heavy atom. The number of nitrogens with two attached hydrogens (primary N) is 2. The highest BCUT2D eigenvalue weighted by atomic mass is 15.3. The predicted molar refractivity (Wildman–Crippen MR) is 36.2 cm³/mol. The third-order valence-corrected chi connectivity index (χ3v) is 1.17. The molecule has 0 aliphatic heterocycles. The molecule has 0 aliphatic rings. The maximum absolute atomic E-state index is 5.35. The number of imidazole rings is 1. The Morgan fingerprint density at radius 3 is 2.67 bits per heavy atom. The van der Waals surface area contributed by atoms with Crippen molar-refractivity contribution in [3.05, 3.63) is 11.9 Å². The van der Waals surface area contributed by atoms with Crippen molar-refractivity contribution in [1.82, 2.24) is 9.66 Å². The Morgan fingerprint density at radius 1 is 1.78 bits per heavy atom. The van der Waals surface area contributed by atoms with Crippen LogP contribution in [0.2, 0.25) is 0 Å². The minimum Gasteiger partial charge on any atom is -0.368 e. The standard InChI is InChI=1S/C5H10N4/c1-2-4-3-9(7)5(6)8-4/h3H,2,7H2,1H3,(H2,6,8). The zero-order valence-electron chi connectivity index (χ0n) is 5.33. The maximum atomic E-state index is 5.35. The molecule has 0 atom stereocenters. The summed E-state index contributed by atoms with van der Waals surface area (Å²) < 4.78 is 1.32. The summed E-state index contributed by atoms with van der Waals surface area (Å²) in [6, 6.07) is 0. The molecule has 1 aromatic rings. The van der Waals surface area contributed by atoms with Crippen LogP contribution in [0.4, 0.5) is 5.95 Å². The van der Waals surface area contributed by atoms with Crippen LogP contribution in [0.25, 0.3) is 0 Å². The van der Waals surface area contributed by atoms with Crippen molar-refractivity contribution in [2.75, 3.05) is 11.6 Å². The zero-order chi connectivity index (χ0) is 6.85. The summed E-state index contributed by atoms with van der Waals surface area (Å²) in [5.41, 5.74) is 6.27. The molecule has 50 valence electrons. The van der Waals surface area contributed by atoms with Gasteiger partial charge in [-0.3, -0.25) is 0 Å². The summed E-state index contributed by atoms with van der Waals surface area (Å²) >= 11 is 0. The van der Waals surface area contributed by atoms with Crippen molar-refractivity contribution in [2.45, 2.75) is 13.3 Å². The number of hydrogen-bond donors (Lipinski definition) is 2. The van der Waals surface area contributed by atoms with Crippen molar-refractivity contribution in [3.8, 4) is 0 Å². The highest BCUT2D eigenvalue weighted by molar-refractivity contribution is 5.21. The third kappa shape index (κ3) is 0.960. The van der Waals surface area contributed by atoms with Crippen LogP contribution in [0.3, 0.4) is 0 Å². The smallest absolute Gasteiger partial charge is 0.219 e. The number of aryl methyl sites for hydroxylation is 1. The summed E-state index contributed by atoms with van der Waals surface area (Å²) in [6.45, 7) is 2.00. The summed E-state index contributed by atoms with van der Waals surface area (Å²) in [4.78, 5) is 3.94. The van der Waals surface area contributed by atoms with Crippen molar-refractivity contribution in [3.63, 3.8) is 0 Å². The summed E-state index contributed by atoms with van der Waals surface area (Å²) in [5.74, 6) is 5.71. The molecule has 1 aromatic heterocycles. The number of anilines is 1. The van der Waals surface area contributed by atoms with Gasteiger partial charge in [0.1, 0.15) is 0 Å². The Bertz CT molecular complexity index is 183. The van der Waals surface area contributed by atoms with Crippen molar-refractivity contribution in [1.29, 1.82) is 0 Å². The van der Waals surface area contributed by atoms with Gasteiger partial charge in [0.25, 0.3) is 0 Å². The number of rotatable bonds is 1. The molecule has 0 aromatic carbocycles. The largest absolute Gasteiger partial charge is 0.368 e. The summed E-state index contributed by atoms with van der Waals surface area (Å²) in [7, 11) is 0. The molecular formula is C5H10N4. The molecule has 0 saturated heterocycles. The van der Waals surface area contributed by atoms with Crippen LogP contribution < -0.4 is 11.6 Å². The van der Waals surface area contributed by atoms with E-state index >= 15 is 0 Å². The number of hydrogen-bond acceptors (Lipinski definition) is 3. The van der Waals surface area contributed by atoms with Gasteiger partial charge in [-0.1, -0.05) is 6.92 Å². The molecule has 0 aliphatic carbocycles. The SMILES string of the molecule is CCc1cn(N)c(N)n1. The Hall–Kier alpha value is -1.19. The number of nitrogen functional groups attached to an aromatic ring is 2. The Kier molecular flexibility index (Phi) is 1.30. The predicted octanol–water partition coefficient (Wildman–Crippen LogP) is -0.259. The second-order valence-corrected chi connectivity index (χ2v) is 1.85. The van der Waals surface area contributed by atoms with E-state index in [9.17, 15) is 0 Å². The maximum Gasteiger partial charge on any atom is 0.219 e. The van der Waals surface area contributed by atoms with Gasteiger partial charge < -0.3 is 11.6 Å².